The van der Waals surface area contributed by atoms with E-state index in [1.54, 1.807) is 12.1 Å². The van der Waals surface area contributed by atoms with Crippen LogP contribution in [0.1, 0.15) is 28.8 Å². The maximum absolute atomic E-state index is 11.2. The molecule has 0 radical (unpaired) electrons. The van der Waals surface area contributed by atoms with Crippen molar-refractivity contribution < 1.29 is 9.72 Å². The molecule has 1 aliphatic heterocycles. The fraction of sp³-hybridized carbons (Fsp3) is 0.533. The number of likely N-dealkylation sites (tertiary alicyclic amines) is 1. The van der Waals surface area contributed by atoms with Crippen LogP contribution in [0.25, 0.3) is 0 Å². The molecule has 1 amide bonds. The molecule has 0 aromatic heterocycles. The Hall–Kier alpha value is -1.99. The van der Waals surface area contributed by atoms with Gasteiger partial charge >= 0.3 is 0 Å². The minimum absolute atomic E-state index is 0.0351. The zero-order chi connectivity index (χ0) is 16.1. The highest BCUT2D eigenvalue weighted by Gasteiger charge is 2.23. The molecule has 1 aromatic rings. The molecule has 1 unspecified atom stereocenters. The molecule has 7 nitrogen and oxygen atoms in total. The molecule has 1 aromatic carbocycles. The Balaban J connectivity index is 2.14. The summed E-state index contributed by atoms with van der Waals surface area (Å²) in [5, 5.41) is 14.4. The van der Waals surface area contributed by atoms with Crippen LogP contribution in [0.4, 0.5) is 5.69 Å². The lowest BCUT2D eigenvalue weighted by atomic mass is 9.97. The van der Waals surface area contributed by atoms with Crippen molar-refractivity contribution in [2.45, 2.75) is 19.4 Å². The largest absolute Gasteiger partial charge is 0.366 e. The molecule has 0 aliphatic carbocycles. The summed E-state index contributed by atoms with van der Waals surface area (Å²) < 4.78 is 0. The molecule has 1 fully saturated rings. The number of nitro groups is 1. The summed E-state index contributed by atoms with van der Waals surface area (Å²) in [6.07, 6.45) is 2.28. The predicted molar refractivity (Wildman–Crippen MR) is 83.5 cm³/mol. The molecule has 22 heavy (non-hydrogen) atoms. The van der Waals surface area contributed by atoms with Gasteiger partial charge in [0.25, 0.3) is 5.69 Å². The van der Waals surface area contributed by atoms with Gasteiger partial charge in [-0.3, -0.25) is 19.8 Å². The third kappa shape index (κ3) is 4.02. The van der Waals surface area contributed by atoms with Crippen LogP contribution in [0.3, 0.4) is 0 Å². The summed E-state index contributed by atoms with van der Waals surface area (Å²) in [6, 6.07) is 4.46. The van der Waals surface area contributed by atoms with E-state index in [1.807, 2.05) is 7.05 Å². The van der Waals surface area contributed by atoms with E-state index in [0.717, 1.165) is 26.1 Å². The maximum atomic E-state index is 11.2. The summed E-state index contributed by atoms with van der Waals surface area (Å²) >= 11 is 0. The number of amides is 1. The van der Waals surface area contributed by atoms with Crippen LogP contribution in [-0.4, -0.2) is 42.4 Å². The molecule has 1 heterocycles. The van der Waals surface area contributed by atoms with Gasteiger partial charge in [-0.25, -0.2) is 0 Å². The number of hydrogen-bond acceptors (Lipinski definition) is 5. The Morgan fingerprint density at radius 3 is 2.95 bits per heavy atom. The maximum Gasteiger partial charge on any atom is 0.274 e. The molecule has 7 heteroatoms. The number of nitrogens with two attached hydrogens (primary N) is 1. The molecule has 1 saturated heterocycles. The minimum atomic E-state index is -0.651. The summed E-state index contributed by atoms with van der Waals surface area (Å²) in [6.45, 7) is 3.35. The molecular formula is C15H22N4O3. The monoisotopic (exact) mass is 306 g/mol. The fourth-order valence-corrected chi connectivity index (χ4v) is 3.01. The normalized spacial score (nSPS) is 19.0. The zero-order valence-electron chi connectivity index (χ0n) is 12.7. The zero-order valence-corrected chi connectivity index (χ0v) is 12.7. The molecule has 1 aliphatic rings. The van der Waals surface area contributed by atoms with Crippen LogP contribution in [0.5, 0.6) is 0 Å². The van der Waals surface area contributed by atoms with Crippen molar-refractivity contribution in [2.24, 2.45) is 11.7 Å². The first-order chi connectivity index (χ1) is 10.5. The van der Waals surface area contributed by atoms with Gasteiger partial charge in [0.2, 0.25) is 5.91 Å². The SMILES string of the molecule is CNCC1CCCN(Cc2ccc(C(N)=O)cc2[N+](=O)[O-])C1. The molecule has 0 bridgehead atoms. The smallest absolute Gasteiger partial charge is 0.274 e. The van der Waals surface area contributed by atoms with Crippen molar-refractivity contribution in [3.63, 3.8) is 0 Å². The molecule has 1 atom stereocenters. The standard InChI is InChI=1S/C15H22N4O3/c1-17-8-11-3-2-6-18(9-11)10-13-5-4-12(15(16)20)7-14(13)19(21)22/h4-5,7,11,17H,2-3,6,8-10H2,1H3,(H2,16,20). The topological polar surface area (TPSA) is 102 Å². The second kappa shape index (κ2) is 7.33. The lowest BCUT2D eigenvalue weighted by molar-refractivity contribution is -0.385. The average Bonchev–Trinajstić information content (AvgIpc) is 2.48. The van der Waals surface area contributed by atoms with E-state index in [1.165, 1.54) is 12.5 Å². The summed E-state index contributed by atoms with van der Waals surface area (Å²) in [5.41, 5.74) is 5.95. The Kier molecular flexibility index (Phi) is 5.46. The van der Waals surface area contributed by atoms with Crippen LogP contribution >= 0.6 is 0 Å². The lowest BCUT2D eigenvalue weighted by Gasteiger charge is -2.32. The Labute approximate surface area is 129 Å². The van der Waals surface area contributed by atoms with E-state index >= 15 is 0 Å². The van der Waals surface area contributed by atoms with Crippen molar-refractivity contribution in [1.82, 2.24) is 10.2 Å². The van der Waals surface area contributed by atoms with Crippen LogP contribution in [0.15, 0.2) is 18.2 Å². The highest BCUT2D eigenvalue weighted by Crippen LogP contribution is 2.24. The number of nitro benzene ring substituents is 1. The first-order valence-electron chi connectivity index (χ1n) is 7.45. The highest BCUT2D eigenvalue weighted by molar-refractivity contribution is 5.93. The van der Waals surface area contributed by atoms with Crippen LogP contribution in [0, 0.1) is 16.0 Å². The lowest BCUT2D eigenvalue weighted by Crippen LogP contribution is -2.38. The van der Waals surface area contributed by atoms with Gasteiger partial charge in [0, 0.05) is 30.3 Å². The van der Waals surface area contributed by atoms with Crippen molar-refractivity contribution in [3.05, 3.63) is 39.4 Å². The number of hydrogen-bond donors (Lipinski definition) is 2. The number of nitrogens with zero attached hydrogens (tertiary/aromatic N) is 2. The van der Waals surface area contributed by atoms with E-state index in [4.69, 9.17) is 5.73 Å². The van der Waals surface area contributed by atoms with E-state index in [9.17, 15) is 14.9 Å². The van der Waals surface area contributed by atoms with E-state index < -0.39 is 10.8 Å². The fourth-order valence-electron chi connectivity index (χ4n) is 3.01. The van der Waals surface area contributed by atoms with Crippen LogP contribution < -0.4 is 11.1 Å². The van der Waals surface area contributed by atoms with Gasteiger partial charge in [-0.05, 0) is 45.0 Å². The number of rotatable bonds is 6. The van der Waals surface area contributed by atoms with Gasteiger partial charge in [0.1, 0.15) is 0 Å². The van der Waals surface area contributed by atoms with Crippen molar-refractivity contribution in [3.8, 4) is 0 Å². The van der Waals surface area contributed by atoms with Gasteiger partial charge < -0.3 is 11.1 Å². The quantitative estimate of drug-likeness (QED) is 0.606. The van der Waals surface area contributed by atoms with Gasteiger partial charge in [0.05, 0.1) is 4.92 Å². The van der Waals surface area contributed by atoms with E-state index in [0.29, 0.717) is 18.0 Å². The first-order valence-corrected chi connectivity index (χ1v) is 7.45. The predicted octanol–water partition coefficient (Wildman–Crippen LogP) is 1.13. The number of carbonyl (C=O) groups excluding carboxylic acids is 1. The number of primary amides is 1. The second-order valence-electron chi connectivity index (χ2n) is 5.77. The highest BCUT2D eigenvalue weighted by atomic mass is 16.6. The van der Waals surface area contributed by atoms with E-state index in [-0.39, 0.29) is 11.3 Å². The minimum Gasteiger partial charge on any atom is -0.366 e. The average molecular weight is 306 g/mol. The summed E-state index contributed by atoms with van der Waals surface area (Å²) in [7, 11) is 1.94. The van der Waals surface area contributed by atoms with Crippen LogP contribution in [0.2, 0.25) is 0 Å². The second-order valence-corrected chi connectivity index (χ2v) is 5.77. The summed E-state index contributed by atoms with van der Waals surface area (Å²) in [4.78, 5) is 24.2. The Morgan fingerprint density at radius 2 is 2.32 bits per heavy atom. The third-order valence-electron chi connectivity index (χ3n) is 4.06. The molecule has 0 spiro atoms. The van der Waals surface area contributed by atoms with Gasteiger partial charge in [-0.2, -0.15) is 0 Å². The van der Waals surface area contributed by atoms with Crippen LogP contribution in [-0.2, 0) is 6.54 Å². The number of carbonyl (C=O) groups is 1. The third-order valence-corrected chi connectivity index (χ3v) is 4.06. The van der Waals surface area contributed by atoms with Crippen molar-refractivity contribution in [2.75, 3.05) is 26.7 Å². The molecule has 0 saturated carbocycles. The van der Waals surface area contributed by atoms with Crippen molar-refractivity contribution >= 4 is 11.6 Å². The number of piperidine rings is 1. The molecule has 2 rings (SSSR count). The molecular weight excluding hydrogens is 284 g/mol. The Bertz CT molecular complexity index is 560. The summed E-state index contributed by atoms with van der Waals surface area (Å²) in [5.74, 6) is -0.0793. The van der Waals surface area contributed by atoms with Gasteiger partial charge in [0.15, 0.2) is 0 Å². The van der Waals surface area contributed by atoms with Gasteiger partial charge in [-0.15, -0.1) is 0 Å². The van der Waals surface area contributed by atoms with E-state index in [2.05, 4.69) is 10.2 Å². The van der Waals surface area contributed by atoms with Crippen molar-refractivity contribution in [1.29, 1.82) is 0 Å². The number of benzene rings is 1. The number of nitrogens with one attached hydrogen (secondary N) is 1. The Morgan fingerprint density at radius 1 is 1.55 bits per heavy atom. The van der Waals surface area contributed by atoms with Gasteiger partial charge in [-0.1, -0.05) is 6.07 Å². The molecule has 3 N–H and O–H groups in total. The molecule has 120 valence electrons. The first kappa shape index (κ1) is 16.4.